The summed E-state index contributed by atoms with van der Waals surface area (Å²) in [6.45, 7) is 1.31. The maximum Gasteiger partial charge on any atom is 0.294 e. The highest BCUT2D eigenvalue weighted by Crippen LogP contribution is 2.33. The Balaban J connectivity index is 1.60. The molecule has 2 heterocycles. The fourth-order valence-electron chi connectivity index (χ4n) is 3.46. The third-order valence-electron chi connectivity index (χ3n) is 5.49. The van der Waals surface area contributed by atoms with Crippen LogP contribution in [0.5, 0.6) is 0 Å². The minimum absolute atomic E-state index is 0.189. The molecule has 0 bridgehead atoms. The van der Waals surface area contributed by atoms with Crippen LogP contribution >= 0.6 is 11.6 Å². The molecule has 6 nitrogen and oxygen atoms in total. The maximum atomic E-state index is 13.2. The fraction of sp³-hybridized carbons (Fsp3) is 0.381. The van der Waals surface area contributed by atoms with Gasteiger partial charge in [-0.25, -0.2) is 4.98 Å². The number of carbonyl (C=O) groups excluding carboxylic acids is 1. The lowest BCUT2D eigenvalue weighted by atomic mass is 10.1. The van der Waals surface area contributed by atoms with Crippen molar-refractivity contribution in [2.45, 2.75) is 32.2 Å². The van der Waals surface area contributed by atoms with Crippen LogP contribution < -0.4 is 10.9 Å². The molecule has 0 saturated heterocycles. The van der Waals surface area contributed by atoms with Gasteiger partial charge in [-0.15, -0.1) is 0 Å². The van der Waals surface area contributed by atoms with Crippen molar-refractivity contribution in [3.8, 4) is 11.3 Å². The molecule has 1 aromatic carbocycles. The number of fused-ring (bicyclic) bond motifs is 1. The maximum absolute atomic E-state index is 13.2. The number of hydrogen-bond acceptors (Lipinski definition) is 3. The van der Waals surface area contributed by atoms with E-state index < -0.39 is 0 Å². The second-order valence-corrected chi connectivity index (χ2v) is 8.27. The quantitative estimate of drug-likeness (QED) is 0.694. The highest BCUT2D eigenvalue weighted by Gasteiger charge is 2.26. The van der Waals surface area contributed by atoms with Crippen LogP contribution in [0.15, 0.2) is 41.5 Å². The van der Waals surface area contributed by atoms with Crippen molar-refractivity contribution >= 4 is 23.2 Å². The molecule has 0 atom stereocenters. The van der Waals surface area contributed by atoms with Crippen LogP contribution in [0.2, 0.25) is 5.02 Å². The standard InChI is InChI=1S/C21H21ClN4O2/c22-16-4-2-1-3-15(16)18-12-25-11-17(20(27)23-9-13-5-6-13)24-19(25)21(28)26(18)10-14-7-8-14/h1-4,11-14H,5-10H2,(H,23,27). The summed E-state index contributed by atoms with van der Waals surface area (Å²) in [5, 5.41) is 3.50. The van der Waals surface area contributed by atoms with Gasteiger partial charge in [-0.3, -0.25) is 14.0 Å². The van der Waals surface area contributed by atoms with Gasteiger partial charge in [-0.05, 0) is 43.6 Å². The molecule has 144 valence electrons. The Kier molecular flexibility index (Phi) is 4.23. The minimum atomic E-state index is -0.233. The van der Waals surface area contributed by atoms with Crippen LogP contribution in [-0.2, 0) is 6.54 Å². The first-order valence-electron chi connectivity index (χ1n) is 9.76. The molecule has 3 aromatic rings. The molecule has 0 aliphatic heterocycles. The van der Waals surface area contributed by atoms with Gasteiger partial charge in [0, 0.05) is 36.1 Å². The summed E-state index contributed by atoms with van der Waals surface area (Å²) in [5.74, 6) is 0.865. The van der Waals surface area contributed by atoms with Gasteiger partial charge in [0.05, 0.1) is 5.69 Å². The van der Waals surface area contributed by atoms with Gasteiger partial charge >= 0.3 is 0 Å². The monoisotopic (exact) mass is 396 g/mol. The summed E-state index contributed by atoms with van der Waals surface area (Å²) in [6.07, 6.45) is 8.06. The van der Waals surface area contributed by atoms with E-state index >= 15 is 0 Å². The first kappa shape index (κ1) is 17.5. The van der Waals surface area contributed by atoms with E-state index in [4.69, 9.17) is 11.6 Å². The predicted octanol–water partition coefficient (Wildman–Crippen LogP) is 3.37. The number of halogens is 1. The summed E-state index contributed by atoms with van der Waals surface area (Å²) in [7, 11) is 0. The van der Waals surface area contributed by atoms with E-state index in [1.54, 1.807) is 15.2 Å². The van der Waals surface area contributed by atoms with Crippen molar-refractivity contribution in [2.24, 2.45) is 11.8 Å². The smallest absolute Gasteiger partial charge is 0.294 e. The number of nitrogens with zero attached hydrogens (tertiary/aromatic N) is 3. The second kappa shape index (κ2) is 6.78. The average Bonchev–Trinajstić information content (AvgIpc) is 3.61. The molecule has 1 N–H and O–H groups in total. The van der Waals surface area contributed by atoms with Crippen molar-refractivity contribution in [3.05, 3.63) is 57.7 Å². The van der Waals surface area contributed by atoms with Crippen LogP contribution in [0.4, 0.5) is 0 Å². The molecule has 2 saturated carbocycles. The number of hydrogen-bond donors (Lipinski definition) is 1. The number of imidazole rings is 1. The molecule has 1 amide bonds. The largest absolute Gasteiger partial charge is 0.350 e. The highest BCUT2D eigenvalue weighted by atomic mass is 35.5. The van der Waals surface area contributed by atoms with Gasteiger partial charge < -0.3 is 9.88 Å². The van der Waals surface area contributed by atoms with Crippen LogP contribution in [0.25, 0.3) is 16.9 Å². The molecule has 0 unspecified atom stereocenters. The highest BCUT2D eigenvalue weighted by molar-refractivity contribution is 6.33. The van der Waals surface area contributed by atoms with Gasteiger partial charge in [0.1, 0.15) is 5.69 Å². The van der Waals surface area contributed by atoms with E-state index in [9.17, 15) is 9.59 Å². The third-order valence-corrected chi connectivity index (χ3v) is 5.82. The molecular weight excluding hydrogens is 376 g/mol. The van der Waals surface area contributed by atoms with Crippen molar-refractivity contribution in [3.63, 3.8) is 0 Å². The number of aromatic nitrogens is 3. The Hall–Kier alpha value is -2.60. The summed E-state index contributed by atoms with van der Waals surface area (Å²) in [4.78, 5) is 30.0. The van der Waals surface area contributed by atoms with Crippen LogP contribution in [-0.4, -0.2) is 26.4 Å². The second-order valence-electron chi connectivity index (χ2n) is 7.86. The Morgan fingerprint density at radius 3 is 2.61 bits per heavy atom. The third kappa shape index (κ3) is 3.33. The lowest BCUT2D eigenvalue weighted by Gasteiger charge is -2.14. The fourth-order valence-corrected chi connectivity index (χ4v) is 3.70. The van der Waals surface area contributed by atoms with Crippen LogP contribution in [0, 0.1) is 11.8 Å². The van der Waals surface area contributed by atoms with Crippen molar-refractivity contribution in [1.82, 2.24) is 19.3 Å². The van der Waals surface area contributed by atoms with Gasteiger partial charge in [0.25, 0.3) is 11.5 Å². The molecule has 2 aliphatic rings. The minimum Gasteiger partial charge on any atom is -0.350 e. The van der Waals surface area contributed by atoms with Gasteiger partial charge in [0.2, 0.25) is 5.65 Å². The van der Waals surface area contributed by atoms with Crippen LogP contribution in [0.1, 0.15) is 36.2 Å². The summed E-state index contributed by atoms with van der Waals surface area (Å²) >= 11 is 6.41. The Bertz CT molecular complexity index is 1130. The lowest BCUT2D eigenvalue weighted by Crippen LogP contribution is -2.26. The summed E-state index contributed by atoms with van der Waals surface area (Å²) in [5.41, 5.74) is 1.90. The average molecular weight is 397 g/mol. The zero-order chi connectivity index (χ0) is 19.3. The number of amides is 1. The first-order chi connectivity index (χ1) is 13.6. The number of rotatable bonds is 6. The van der Waals surface area contributed by atoms with E-state index in [-0.39, 0.29) is 22.8 Å². The predicted molar refractivity (Wildman–Crippen MR) is 108 cm³/mol. The van der Waals surface area contributed by atoms with Crippen molar-refractivity contribution in [1.29, 1.82) is 0 Å². The van der Waals surface area contributed by atoms with Crippen LogP contribution in [0.3, 0.4) is 0 Å². The molecule has 5 rings (SSSR count). The summed E-state index contributed by atoms with van der Waals surface area (Å²) in [6, 6.07) is 7.50. The summed E-state index contributed by atoms with van der Waals surface area (Å²) < 4.78 is 3.41. The molecular formula is C21H21ClN4O2. The molecule has 7 heteroatoms. The van der Waals surface area contributed by atoms with E-state index in [1.165, 1.54) is 12.8 Å². The first-order valence-corrected chi connectivity index (χ1v) is 10.1. The van der Waals surface area contributed by atoms with Gasteiger partial charge in [-0.2, -0.15) is 0 Å². The SMILES string of the molecule is O=C(NCC1CC1)c1cn2cc(-c3ccccc3Cl)n(CC3CC3)c(=O)c2n1. The Morgan fingerprint density at radius 1 is 1.14 bits per heavy atom. The van der Waals surface area contributed by atoms with E-state index in [2.05, 4.69) is 10.3 Å². The van der Waals surface area contributed by atoms with E-state index in [0.29, 0.717) is 29.9 Å². The molecule has 2 fully saturated rings. The molecule has 0 radical (unpaired) electrons. The number of nitrogens with one attached hydrogen (secondary N) is 1. The lowest BCUT2D eigenvalue weighted by molar-refractivity contribution is 0.0947. The van der Waals surface area contributed by atoms with Crippen molar-refractivity contribution in [2.75, 3.05) is 6.54 Å². The molecule has 2 aromatic heterocycles. The number of carbonyl (C=O) groups is 1. The van der Waals surface area contributed by atoms with Gasteiger partial charge in [0.15, 0.2) is 0 Å². The zero-order valence-electron chi connectivity index (χ0n) is 15.4. The van der Waals surface area contributed by atoms with E-state index in [1.807, 2.05) is 30.5 Å². The Morgan fingerprint density at radius 2 is 1.89 bits per heavy atom. The van der Waals surface area contributed by atoms with Gasteiger partial charge in [-0.1, -0.05) is 29.8 Å². The molecule has 2 aliphatic carbocycles. The Labute approximate surface area is 167 Å². The molecule has 0 spiro atoms. The molecule has 28 heavy (non-hydrogen) atoms. The topological polar surface area (TPSA) is 68.4 Å². The normalized spacial score (nSPS) is 16.5. The number of benzene rings is 1. The van der Waals surface area contributed by atoms with Crippen molar-refractivity contribution < 1.29 is 4.79 Å². The van der Waals surface area contributed by atoms with E-state index in [0.717, 1.165) is 24.1 Å². The zero-order valence-corrected chi connectivity index (χ0v) is 16.2.